The van der Waals surface area contributed by atoms with Gasteiger partial charge in [-0.25, -0.2) is 4.79 Å². The van der Waals surface area contributed by atoms with Gasteiger partial charge < -0.3 is 9.64 Å². The van der Waals surface area contributed by atoms with Gasteiger partial charge in [-0.15, -0.1) is 0 Å². The van der Waals surface area contributed by atoms with Crippen molar-refractivity contribution in [1.82, 2.24) is 20.0 Å². The molecule has 2 amide bonds. The molecule has 1 unspecified atom stereocenters. The number of cyclic esters (lactones) is 1. The molecule has 1 aromatic rings. The summed E-state index contributed by atoms with van der Waals surface area (Å²) in [6, 6.07) is 0.0262. The van der Waals surface area contributed by atoms with Crippen LogP contribution in [0.3, 0.4) is 0 Å². The highest BCUT2D eigenvalue weighted by Crippen LogP contribution is 2.23. The molecule has 3 heterocycles. The van der Waals surface area contributed by atoms with E-state index in [0.717, 1.165) is 18.5 Å². The van der Waals surface area contributed by atoms with E-state index in [4.69, 9.17) is 4.74 Å². The standard InChI is InChI=1S/C16H22N4O3/c21-15(19-7-8-20-11(9-19)10-23-16(20)22)6-5-14-12-3-1-2-4-13(12)17-18-14/h11H,1-10H2,(H,17,18). The second-order valence-corrected chi connectivity index (χ2v) is 6.60. The van der Waals surface area contributed by atoms with E-state index < -0.39 is 0 Å². The van der Waals surface area contributed by atoms with Gasteiger partial charge in [-0.1, -0.05) is 0 Å². The molecule has 0 bridgehead atoms. The molecule has 1 aromatic heterocycles. The number of aromatic amines is 1. The van der Waals surface area contributed by atoms with Crippen molar-refractivity contribution >= 4 is 12.0 Å². The van der Waals surface area contributed by atoms with Gasteiger partial charge in [0.15, 0.2) is 0 Å². The van der Waals surface area contributed by atoms with Gasteiger partial charge in [-0.3, -0.25) is 14.8 Å². The second kappa shape index (κ2) is 5.86. The van der Waals surface area contributed by atoms with Crippen LogP contribution in [0.1, 0.15) is 36.2 Å². The number of fused-ring (bicyclic) bond motifs is 2. The van der Waals surface area contributed by atoms with E-state index in [1.54, 1.807) is 4.90 Å². The molecule has 0 spiro atoms. The van der Waals surface area contributed by atoms with Crippen LogP contribution in [0.2, 0.25) is 0 Å². The fourth-order valence-corrected chi connectivity index (χ4v) is 3.86. The van der Waals surface area contributed by atoms with Crippen LogP contribution in [-0.2, 0) is 28.8 Å². The number of nitrogens with zero attached hydrogens (tertiary/aromatic N) is 3. The molecule has 1 N–H and O–H groups in total. The normalized spacial score (nSPS) is 23.5. The van der Waals surface area contributed by atoms with E-state index in [9.17, 15) is 9.59 Å². The molecule has 2 saturated heterocycles. The van der Waals surface area contributed by atoms with Gasteiger partial charge in [-0.2, -0.15) is 5.10 Å². The average molecular weight is 318 g/mol. The first kappa shape index (κ1) is 14.5. The molecule has 4 rings (SSSR count). The Balaban J connectivity index is 1.34. The van der Waals surface area contributed by atoms with Crippen molar-refractivity contribution in [2.45, 2.75) is 44.6 Å². The molecular weight excluding hydrogens is 296 g/mol. The number of H-pyrrole nitrogens is 1. The van der Waals surface area contributed by atoms with Crippen LogP contribution in [0, 0.1) is 0 Å². The summed E-state index contributed by atoms with van der Waals surface area (Å²) in [6.45, 7) is 2.16. The quantitative estimate of drug-likeness (QED) is 0.897. The molecule has 0 saturated carbocycles. The summed E-state index contributed by atoms with van der Waals surface area (Å²) in [5.74, 6) is 0.150. The lowest BCUT2D eigenvalue weighted by Gasteiger charge is -2.35. The van der Waals surface area contributed by atoms with Crippen LogP contribution in [0.25, 0.3) is 0 Å². The number of hydrogen-bond acceptors (Lipinski definition) is 4. The van der Waals surface area contributed by atoms with Crippen molar-refractivity contribution in [2.75, 3.05) is 26.2 Å². The summed E-state index contributed by atoms with van der Waals surface area (Å²) in [5, 5.41) is 7.54. The predicted octanol–water partition coefficient (Wildman–Crippen LogP) is 0.884. The Morgan fingerprint density at radius 3 is 3.09 bits per heavy atom. The van der Waals surface area contributed by atoms with Gasteiger partial charge in [0, 0.05) is 38.2 Å². The third-order valence-corrected chi connectivity index (χ3v) is 5.19. The van der Waals surface area contributed by atoms with Crippen LogP contribution in [0.5, 0.6) is 0 Å². The smallest absolute Gasteiger partial charge is 0.410 e. The minimum absolute atomic E-state index is 0.0262. The van der Waals surface area contributed by atoms with Gasteiger partial charge in [0.25, 0.3) is 0 Å². The first-order valence-electron chi connectivity index (χ1n) is 8.48. The maximum absolute atomic E-state index is 12.5. The molecule has 23 heavy (non-hydrogen) atoms. The molecule has 0 radical (unpaired) electrons. The number of amides is 2. The number of aryl methyl sites for hydroxylation is 2. The Morgan fingerprint density at radius 2 is 2.17 bits per heavy atom. The Morgan fingerprint density at radius 1 is 1.30 bits per heavy atom. The first-order chi connectivity index (χ1) is 11.2. The number of aromatic nitrogens is 2. The third kappa shape index (κ3) is 2.68. The number of rotatable bonds is 3. The fourth-order valence-electron chi connectivity index (χ4n) is 3.86. The molecule has 2 aliphatic heterocycles. The zero-order valence-electron chi connectivity index (χ0n) is 13.2. The molecule has 124 valence electrons. The average Bonchev–Trinajstić information content (AvgIpc) is 3.16. The summed E-state index contributed by atoms with van der Waals surface area (Å²) in [5.41, 5.74) is 3.66. The summed E-state index contributed by atoms with van der Waals surface area (Å²) in [7, 11) is 0. The molecular formula is C16H22N4O3. The molecule has 3 aliphatic rings. The highest BCUT2D eigenvalue weighted by atomic mass is 16.6. The molecule has 0 aromatic carbocycles. The Labute approximate surface area is 135 Å². The summed E-state index contributed by atoms with van der Waals surface area (Å²) >= 11 is 0. The van der Waals surface area contributed by atoms with Crippen molar-refractivity contribution in [3.8, 4) is 0 Å². The fraction of sp³-hybridized carbons (Fsp3) is 0.688. The SMILES string of the molecule is O=C(CCc1n[nH]c2c1CCCC2)N1CCN2C(=O)OCC2C1. The van der Waals surface area contributed by atoms with E-state index in [2.05, 4.69) is 10.2 Å². The number of carbonyl (C=O) groups excluding carboxylic acids is 2. The molecule has 7 nitrogen and oxygen atoms in total. The summed E-state index contributed by atoms with van der Waals surface area (Å²) in [4.78, 5) is 27.6. The maximum Gasteiger partial charge on any atom is 0.410 e. The molecule has 1 atom stereocenters. The van der Waals surface area contributed by atoms with Crippen LogP contribution >= 0.6 is 0 Å². The van der Waals surface area contributed by atoms with E-state index in [1.807, 2.05) is 4.90 Å². The lowest BCUT2D eigenvalue weighted by molar-refractivity contribution is -0.133. The number of carbonyl (C=O) groups is 2. The van der Waals surface area contributed by atoms with Crippen LogP contribution in [-0.4, -0.2) is 64.3 Å². The van der Waals surface area contributed by atoms with E-state index in [-0.39, 0.29) is 18.0 Å². The van der Waals surface area contributed by atoms with Gasteiger partial charge >= 0.3 is 6.09 Å². The van der Waals surface area contributed by atoms with Crippen LogP contribution < -0.4 is 0 Å². The van der Waals surface area contributed by atoms with E-state index >= 15 is 0 Å². The van der Waals surface area contributed by atoms with Crippen molar-refractivity contribution in [3.05, 3.63) is 17.0 Å². The third-order valence-electron chi connectivity index (χ3n) is 5.19. The molecule has 2 fully saturated rings. The number of nitrogens with one attached hydrogen (secondary N) is 1. The molecule has 7 heteroatoms. The van der Waals surface area contributed by atoms with Gasteiger partial charge in [0.2, 0.25) is 5.91 Å². The lowest BCUT2D eigenvalue weighted by atomic mass is 9.94. The van der Waals surface area contributed by atoms with Crippen molar-refractivity contribution in [2.24, 2.45) is 0 Å². The molecule has 1 aliphatic carbocycles. The van der Waals surface area contributed by atoms with Crippen molar-refractivity contribution < 1.29 is 14.3 Å². The highest BCUT2D eigenvalue weighted by Gasteiger charge is 2.38. The van der Waals surface area contributed by atoms with Crippen LogP contribution in [0.4, 0.5) is 4.79 Å². The number of piperazine rings is 1. The Hall–Kier alpha value is -2.05. The van der Waals surface area contributed by atoms with Crippen molar-refractivity contribution in [3.63, 3.8) is 0 Å². The largest absolute Gasteiger partial charge is 0.447 e. The van der Waals surface area contributed by atoms with Crippen LogP contribution in [0.15, 0.2) is 0 Å². The van der Waals surface area contributed by atoms with Crippen molar-refractivity contribution in [1.29, 1.82) is 0 Å². The summed E-state index contributed by atoms with van der Waals surface area (Å²) < 4.78 is 5.04. The van der Waals surface area contributed by atoms with Gasteiger partial charge in [0.05, 0.1) is 11.7 Å². The zero-order valence-corrected chi connectivity index (χ0v) is 13.2. The number of hydrogen-bond donors (Lipinski definition) is 1. The first-order valence-corrected chi connectivity index (χ1v) is 8.48. The van der Waals surface area contributed by atoms with Gasteiger partial charge in [0.1, 0.15) is 6.61 Å². The Kier molecular flexibility index (Phi) is 3.71. The number of ether oxygens (including phenoxy) is 1. The minimum Gasteiger partial charge on any atom is -0.447 e. The second-order valence-electron chi connectivity index (χ2n) is 6.60. The summed E-state index contributed by atoms with van der Waals surface area (Å²) in [6.07, 6.45) is 5.53. The van der Waals surface area contributed by atoms with E-state index in [0.29, 0.717) is 39.1 Å². The highest BCUT2D eigenvalue weighted by molar-refractivity contribution is 5.77. The van der Waals surface area contributed by atoms with Gasteiger partial charge in [-0.05, 0) is 31.2 Å². The predicted molar refractivity (Wildman–Crippen MR) is 82.0 cm³/mol. The lowest BCUT2D eigenvalue weighted by Crippen LogP contribution is -2.53. The minimum atomic E-state index is -0.245. The Bertz CT molecular complexity index is 627. The monoisotopic (exact) mass is 318 g/mol. The van der Waals surface area contributed by atoms with E-state index in [1.165, 1.54) is 24.1 Å². The topological polar surface area (TPSA) is 78.5 Å². The zero-order chi connectivity index (χ0) is 15.8. The maximum atomic E-state index is 12.5.